The second kappa shape index (κ2) is 6.61. The molecule has 1 heteroatoms. The summed E-state index contributed by atoms with van der Waals surface area (Å²) in [6.07, 6.45) is 3.79. The minimum absolute atomic E-state index is 0.544. The highest BCUT2D eigenvalue weighted by molar-refractivity contribution is 6.85. The first-order chi connectivity index (χ1) is 9.24. The van der Waals surface area contributed by atoms with Gasteiger partial charge in [0.05, 0.1) is 0 Å². The maximum Gasteiger partial charge on any atom is 0.209 e. The summed E-state index contributed by atoms with van der Waals surface area (Å²) in [5.74, 6) is 0. The van der Waals surface area contributed by atoms with Crippen molar-refractivity contribution in [3.8, 4) is 0 Å². The van der Waals surface area contributed by atoms with Gasteiger partial charge in [-0.3, -0.25) is 0 Å². The zero-order chi connectivity index (χ0) is 13.7. The lowest BCUT2D eigenvalue weighted by molar-refractivity contribution is 0.878. The normalized spacial score (nSPS) is 10.5. The molecule has 0 aliphatic heterocycles. The molecule has 0 fully saturated rings. The zero-order valence-corrected chi connectivity index (χ0v) is 12.3. The molecule has 0 saturated carbocycles. The van der Waals surface area contributed by atoms with Gasteiger partial charge in [-0.25, -0.2) is 0 Å². The van der Waals surface area contributed by atoms with Gasteiger partial charge in [-0.2, -0.15) is 0 Å². The van der Waals surface area contributed by atoms with E-state index in [1.165, 1.54) is 41.2 Å². The van der Waals surface area contributed by atoms with Gasteiger partial charge in [0.15, 0.2) is 0 Å². The Hall–Kier alpha value is -1.50. The van der Waals surface area contributed by atoms with E-state index < -0.39 is 0 Å². The average molecular weight is 250 g/mol. The quantitative estimate of drug-likeness (QED) is 0.709. The van der Waals surface area contributed by atoms with Crippen molar-refractivity contribution >= 4 is 17.6 Å². The number of benzene rings is 2. The van der Waals surface area contributed by atoms with E-state index in [1.807, 2.05) is 0 Å². The molecule has 0 nitrogen and oxygen atoms in total. The monoisotopic (exact) mass is 250 g/mol. The molecule has 0 N–H and O–H groups in total. The van der Waals surface area contributed by atoms with Crippen molar-refractivity contribution in [3.63, 3.8) is 0 Å². The van der Waals surface area contributed by atoms with E-state index >= 15 is 0 Å². The van der Waals surface area contributed by atoms with E-state index in [4.69, 9.17) is 0 Å². The highest BCUT2D eigenvalue weighted by Gasteiger charge is 2.21. The predicted octanol–water partition coefficient (Wildman–Crippen LogP) is 3.71. The van der Waals surface area contributed by atoms with Gasteiger partial charge in [0.25, 0.3) is 0 Å². The van der Waals surface area contributed by atoms with Crippen LogP contribution in [0.5, 0.6) is 0 Å². The molecule has 2 rings (SSSR count). The van der Waals surface area contributed by atoms with Crippen molar-refractivity contribution in [1.29, 1.82) is 0 Å². The molecule has 0 unspecified atom stereocenters. The molecule has 0 atom stereocenters. The third-order valence-electron chi connectivity index (χ3n) is 3.97. The molecule has 0 radical (unpaired) electrons. The Bertz CT molecular complexity index is 485. The van der Waals surface area contributed by atoms with Crippen LogP contribution in [0.25, 0.3) is 0 Å². The molecule has 98 valence electrons. The van der Waals surface area contributed by atoms with Crippen LogP contribution >= 0.6 is 0 Å². The van der Waals surface area contributed by atoms with E-state index in [0.29, 0.717) is 6.71 Å². The van der Waals surface area contributed by atoms with Gasteiger partial charge in [-0.15, -0.1) is 0 Å². The Kier molecular flexibility index (Phi) is 4.84. The molecule has 0 spiro atoms. The van der Waals surface area contributed by atoms with Crippen LogP contribution in [0.15, 0.2) is 48.5 Å². The first-order valence-electron chi connectivity index (χ1n) is 7.35. The zero-order valence-electron chi connectivity index (χ0n) is 12.3. The lowest BCUT2D eigenvalue weighted by atomic mass is 9.37. The molecule has 0 amide bonds. The Labute approximate surface area is 118 Å². The second-order valence-electron chi connectivity index (χ2n) is 5.41. The fourth-order valence-corrected chi connectivity index (χ4v) is 2.84. The summed E-state index contributed by atoms with van der Waals surface area (Å²) < 4.78 is 0. The van der Waals surface area contributed by atoms with E-state index in [9.17, 15) is 0 Å². The number of hydrogen-bond acceptors (Lipinski definition) is 0. The number of hydrogen-bond donors (Lipinski definition) is 0. The highest BCUT2D eigenvalue weighted by atomic mass is 14.0. The van der Waals surface area contributed by atoms with E-state index in [0.717, 1.165) is 0 Å². The Morgan fingerprint density at radius 1 is 0.789 bits per heavy atom. The first kappa shape index (κ1) is 13.9. The highest BCUT2D eigenvalue weighted by Crippen LogP contribution is 2.08. The summed E-state index contributed by atoms with van der Waals surface area (Å²) in [5, 5.41) is 0. The van der Waals surface area contributed by atoms with Gasteiger partial charge in [0.2, 0.25) is 6.71 Å². The molecule has 2 aromatic rings. The van der Waals surface area contributed by atoms with Gasteiger partial charge >= 0.3 is 0 Å². The average Bonchev–Trinajstić information content (AvgIpc) is 2.42. The predicted molar refractivity (Wildman–Crippen MR) is 87.1 cm³/mol. The topological polar surface area (TPSA) is 0 Å². The van der Waals surface area contributed by atoms with Crippen LogP contribution in [0.3, 0.4) is 0 Å². The van der Waals surface area contributed by atoms with Crippen LogP contribution in [-0.4, -0.2) is 6.71 Å². The Morgan fingerprint density at radius 2 is 1.26 bits per heavy atom. The Balaban J connectivity index is 2.42. The van der Waals surface area contributed by atoms with E-state index in [1.54, 1.807) is 0 Å². The van der Waals surface area contributed by atoms with Gasteiger partial charge in [-0.1, -0.05) is 96.7 Å². The first-order valence-corrected chi connectivity index (χ1v) is 7.35. The Morgan fingerprint density at radius 3 is 1.68 bits per heavy atom. The largest absolute Gasteiger partial charge is 0.209 e. The second-order valence-corrected chi connectivity index (χ2v) is 5.41. The molecule has 0 heterocycles. The van der Waals surface area contributed by atoms with Crippen molar-refractivity contribution < 1.29 is 0 Å². The summed E-state index contributed by atoms with van der Waals surface area (Å²) in [4.78, 5) is 0. The van der Waals surface area contributed by atoms with Gasteiger partial charge in [0, 0.05) is 0 Å². The maximum atomic E-state index is 2.29. The molecule has 19 heavy (non-hydrogen) atoms. The van der Waals surface area contributed by atoms with Gasteiger partial charge in [-0.05, 0) is 13.8 Å². The lowest BCUT2D eigenvalue weighted by Gasteiger charge is -2.18. The minimum Gasteiger partial charge on any atom is -0.0713 e. The van der Waals surface area contributed by atoms with Crippen molar-refractivity contribution in [2.24, 2.45) is 0 Å². The van der Waals surface area contributed by atoms with Crippen LogP contribution in [0, 0.1) is 13.8 Å². The van der Waals surface area contributed by atoms with Gasteiger partial charge in [0.1, 0.15) is 0 Å². The van der Waals surface area contributed by atoms with Crippen LogP contribution in [0.1, 0.15) is 30.9 Å². The molecule has 0 bridgehead atoms. The fourth-order valence-electron chi connectivity index (χ4n) is 2.84. The van der Waals surface area contributed by atoms with Crippen molar-refractivity contribution in [1.82, 2.24) is 0 Å². The summed E-state index contributed by atoms with van der Waals surface area (Å²) >= 11 is 0. The summed E-state index contributed by atoms with van der Waals surface area (Å²) in [6.45, 7) is 7.27. The molecular formula is C18H23B. The van der Waals surface area contributed by atoms with Gasteiger partial charge < -0.3 is 0 Å². The molecule has 2 aromatic carbocycles. The number of unbranched alkanes of at least 4 members (excludes halogenated alkanes) is 1. The standard InChI is InChI=1S/C18H23B/c1-4-5-14-19(17-12-8-6-10-15(17)2)18-13-9-7-11-16(18)3/h6-13H,4-5,14H2,1-3H3. The number of rotatable bonds is 5. The van der Waals surface area contributed by atoms with Crippen LogP contribution < -0.4 is 10.9 Å². The van der Waals surface area contributed by atoms with Crippen molar-refractivity contribution in [3.05, 3.63) is 59.7 Å². The van der Waals surface area contributed by atoms with E-state index in [2.05, 4.69) is 69.3 Å². The fraction of sp³-hybridized carbons (Fsp3) is 0.333. The van der Waals surface area contributed by atoms with Crippen LogP contribution in [0.4, 0.5) is 0 Å². The van der Waals surface area contributed by atoms with Crippen molar-refractivity contribution in [2.45, 2.75) is 39.9 Å². The van der Waals surface area contributed by atoms with Crippen LogP contribution in [0.2, 0.25) is 6.32 Å². The minimum atomic E-state index is 0.544. The summed E-state index contributed by atoms with van der Waals surface area (Å²) in [7, 11) is 0. The van der Waals surface area contributed by atoms with E-state index in [-0.39, 0.29) is 0 Å². The van der Waals surface area contributed by atoms with Crippen LogP contribution in [-0.2, 0) is 0 Å². The smallest absolute Gasteiger partial charge is 0.0713 e. The SMILES string of the molecule is CCCCB(c1ccccc1C)c1ccccc1C. The maximum absolute atomic E-state index is 2.29. The number of aryl methyl sites for hydroxylation is 2. The van der Waals surface area contributed by atoms with Crippen molar-refractivity contribution in [2.75, 3.05) is 0 Å². The lowest BCUT2D eigenvalue weighted by Crippen LogP contribution is -2.44. The molecular weight excluding hydrogens is 227 g/mol. The third kappa shape index (κ3) is 3.29. The molecule has 0 aliphatic rings. The summed E-state index contributed by atoms with van der Waals surface area (Å²) in [6, 6.07) is 17.6. The molecule has 0 aliphatic carbocycles. The third-order valence-corrected chi connectivity index (χ3v) is 3.97. The molecule has 0 saturated heterocycles. The molecule has 0 aromatic heterocycles. The summed E-state index contributed by atoms with van der Waals surface area (Å²) in [5.41, 5.74) is 5.80.